The molecule has 2 rings (SSSR count). The van der Waals surface area contributed by atoms with Gasteiger partial charge in [0.05, 0.1) is 11.7 Å². The first kappa shape index (κ1) is 13.5. The number of hydrogen-bond donors (Lipinski definition) is 1. The average Bonchev–Trinajstić information content (AvgIpc) is 2.31. The van der Waals surface area contributed by atoms with E-state index in [1.54, 1.807) is 0 Å². The van der Waals surface area contributed by atoms with Crippen LogP contribution in [0.15, 0.2) is 36.4 Å². The molecule has 0 radical (unpaired) electrons. The minimum atomic E-state index is -0.0383. The van der Waals surface area contributed by atoms with Gasteiger partial charge in [-0.25, -0.2) is 0 Å². The molecule has 2 N–H and O–H groups in total. The summed E-state index contributed by atoms with van der Waals surface area (Å²) in [6.07, 6.45) is 0.826. The number of rotatable bonds is 3. The van der Waals surface area contributed by atoms with Gasteiger partial charge in [-0.3, -0.25) is 4.98 Å². The minimum absolute atomic E-state index is 0.0383. The fourth-order valence-corrected chi connectivity index (χ4v) is 2.40. The van der Waals surface area contributed by atoms with Crippen LogP contribution in [0, 0.1) is 17.4 Å². The van der Waals surface area contributed by atoms with Gasteiger partial charge in [0.15, 0.2) is 0 Å². The normalized spacial score (nSPS) is 12.4. The summed E-state index contributed by atoms with van der Waals surface area (Å²) in [5, 5.41) is 0. The van der Waals surface area contributed by atoms with E-state index < -0.39 is 0 Å². The Labute approximate surface area is 122 Å². The van der Waals surface area contributed by atoms with Gasteiger partial charge in [-0.15, -0.1) is 0 Å². The van der Waals surface area contributed by atoms with Crippen LogP contribution in [0.2, 0.25) is 0 Å². The van der Waals surface area contributed by atoms with E-state index in [0.29, 0.717) is 0 Å². The maximum atomic E-state index is 6.24. The summed E-state index contributed by atoms with van der Waals surface area (Å²) in [7, 11) is 0. The van der Waals surface area contributed by atoms with Crippen molar-refractivity contribution in [2.24, 2.45) is 5.73 Å². The van der Waals surface area contributed by atoms with Gasteiger partial charge < -0.3 is 5.73 Å². The van der Waals surface area contributed by atoms with Crippen LogP contribution in [0.5, 0.6) is 0 Å². The lowest BCUT2D eigenvalue weighted by molar-refractivity contribution is 0.692. The first-order chi connectivity index (χ1) is 8.54. The summed E-state index contributed by atoms with van der Waals surface area (Å²) in [5.41, 5.74) is 10.7. The number of halogens is 1. The minimum Gasteiger partial charge on any atom is -0.322 e. The summed E-state index contributed by atoms with van der Waals surface area (Å²) < 4.78 is 1.24. The molecule has 18 heavy (non-hydrogen) atoms. The van der Waals surface area contributed by atoms with Gasteiger partial charge >= 0.3 is 0 Å². The van der Waals surface area contributed by atoms with E-state index in [-0.39, 0.29) is 6.04 Å². The van der Waals surface area contributed by atoms with Crippen LogP contribution in [0.25, 0.3) is 0 Å². The highest BCUT2D eigenvalue weighted by Crippen LogP contribution is 2.17. The summed E-state index contributed by atoms with van der Waals surface area (Å²) in [6, 6.07) is 12.6. The van der Waals surface area contributed by atoms with Gasteiger partial charge in [-0.2, -0.15) is 0 Å². The number of nitrogens with zero attached hydrogens (tertiary/aromatic N) is 1. The summed E-state index contributed by atoms with van der Waals surface area (Å²) in [5.74, 6) is 0. The van der Waals surface area contributed by atoms with Crippen LogP contribution >= 0.6 is 22.6 Å². The molecule has 2 aromatic rings. The molecule has 1 heterocycles. The molecular formula is C15H17IN2. The third-order valence-corrected chi connectivity index (χ3v) is 3.59. The zero-order valence-corrected chi connectivity index (χ0v) is 12.8. The fraction of sp³-hybridized carbons (Fsp3) is 0.267. The van der Waals surface area contributed by atoms with Gasteiger partial charge in [-0.05, 0) is 78.3 Å². The van der Waals surface area contributed by atoms with Gasteiger partial charge in [0.1, 0.15) is 0 Å². The summed E-state index contributed by atoms with van der Waals surface area (Å²) in [4.78, 5) is 4.52. The predicted molar refractivity (Wildman–Crippen MR) is 83.5 cm³/mol. The van der Waals surface area contributed by atoms with Crippen LogP contribution in [-0.4, -0.2) is 4.98 Å². The summed E-state index contributed by atoms with van der Waals surface area (Å²) >= 11 is 2.31. The Kier molecular flexibility index (Phi) is 4.35. The number of aromatic nitrogens is 1. The Bertz CT molecular complexity index is 514. The van der Waals surface area contributed by atoms with Crippen molar-refractivity contribution in [1.82, 2.24) is 4.98 Å². The molecule has 0 aliphatic carbocycles. The molecule has 0 spiro atoms. The molecule has 0 aliphatic rings. The lowest BCUT2D eigenvalue weighted by Gasteiger charge is -2.13. The van der Waals surface area contributed by atoms with E-state index in [1.807, 2.05) is 6.92 Å². The van der Waals surface area contributed by atoms with Gasteiger partial charge in [0.25, 0.3) is 0 Å². The second kappa shape index (κ2) is 5.80. The first-order valence-electron chi connectivity index (χ1n) is 6.00. The number of nitrogens with two attached hydrogens (primary N) is 1. The molecule has 3 heteroatoms. The van der Waals surface area contributed by atoms with E-state index in [0.717, 1.165) is 17.8 Å². The standard InChI is InChI=1S/C15H17IN2/c1-10-7-11(2)18-15(8-10)14(17)9-12-3-5-13(16)6-4-12/h3-8,14H,9,17H2,1-2H3. The van der Waals surface area contributed by atoms with Gasteiger partial charge in [0.2, 0.25) is 0 Å². The molecule has 0 saturated carbocycles. The SMILES string of the molecule is Cc1cc(C)nc(C(N)Cc2ccc(I)cc2)c1. The van der Waals surface area contributed by atoms with Crippen molar-refractivity contribution in [2.75, 3.05) is 0 Å². The molecule has 1 unspecified atom stereocenters. The Morgan fingerprint density at radius 3 is 2.44 bits per heavy atom. The quantitative estimate of drug-likeness (QED) is 0.859. The Morgan fingerprint density at radius 2 is 1.83 bits per heavy atom. The molecular weight excluding hydrogens is 335 g/mol. The largest absolute Gasteiger partial charge is 0.322 e. The molecule has 2 nitrogen and oxygen atoms in total. The molecule has 0 fully saturated rings. The second-order valence-electron chi connectivity index (χ2n) is 4.65. The molecule has 1 aromatic carbocycles. The number of aryl methyl sites for hydroxylation is 2. The van der Waals surface area contributed by atoms with Gasteiger partial charge in [0, 0.05) is 9.26 Å². The van der Waals surface area contributed by atoms with Gasteiger partial charge in [-0.1, -0.05) is 12.1 Å². The Morgan fingerprint density at radius 1 is 1.17 bits per heavy atom. The molecule has 94 valence electrons. The maximum Gasteiger partial charge on any atom is 0.0580 e. The van der Waals surface area contributed by atoms with Crippen molar-refractivity contribution in [2.45, 2.75) is 26.3 Å². The molecule has 0 amide bonds. The predicted octanol–water partition coefficient (Wildman–Crippen LogP) is 3.55. The summed E-state index contributed by atoms with van der Waals surface area (Å²) in [6.45, 7) is 4.09. The highest BCUT2D eigenvalue weighted by atomic mass is 127. The molecule has 1 atom stereocenters. The van der Waals surface area contributed by atoms with Crippen LogP contribution in [-0.2, 0) is 6.42 Å². The van der Waals surface area contributed by atoms with Crippen molar-refractivity contribution < 1.29 is 0 Å². The number of benzene rings is 1. The van der Waals surface area contributed by atoms with Crippen molar-refractivity contribution in [3.05, 3.63) is 62.5 Å². The van der Waals surface area contributed by atoms with Crippen LogP contribution in [0.4, 0.5) is 0 Å². The number of pyridine rings is 1. The number of hydrogen-bond acceptors (Lipinski definition) is 2. The maximum absolute atomic E-state index is 6.24. The molecule has 1 aromatic heterocycles. The average molecular weight is 352 g/mol. The van der Waals surface area contributed by atoms with E-state index in [4.69, 9.17) is 5.73 Å². The van der Waals surface area contributed by atoms with E-state index in [9.17, 15) is 0 Å². The third kappa shape index (κ3) is 3.53. The smallest absolute Gasteiger partial charge is 0.0580 e. The van der Waals surface area contributed by atoms with Crippen LogP contribution in [0.3, 0.4) is 0 Å². The van der Waals surface area contributed by atoms with Crippen LogP contribution in [0.1, 0.15) is 28.6 Å². The van der Waals surface area contributed by atoms with E-state index >= 15 is 0 Å². The van der Waals surface area contributed by atoms with Crippen molar-refractivity contribution in [3.63, 3.8) is 0 Å². The van der Waals surface area contributed by atoms with Crippen molar-refractivity contribution in [1.29, 1.82) is 0 Å². The second-order valence-corrected chi connectivity index (χ2v) is 5.89. The van der Waals surface area contributed by atoms with E-state index in [2.05, 4.69) is 70.9 Å². The monoisotopic (exact) mass is 352 g/mol. The van der Waals surface area contributed by atoms with Crippen molar-refractivity contribution >= 4 is 22.6 Å². The molecule has 0 bridgehead atoms. The van der Waals surface area contributed by atoms with Crippen molar-refractivity contribution in [3.8, 4) is 0 Å². The molecule has 0 aliphatic heterocycles. The Balaban J connectivity index is 2.16. The third-order valence-electron chi connectivity index (χ3n) is 2.87. The topological polar surface area (TPSA) is 38.9 Å². The highest BCUT2D eigenvalue weighted by Gasteiger charge is 2.09. The molecule has 0 saturated heterocycles. The van der Waals surface area contributed by atoms with E-state index in [1.165, 1.54) is 14.7 Å². The first-order valence-corrected chi connectivity index (χ1v) is 7.07. The zero-order chi connectivity index (χ0) is 13.1. The zero-order valence-electron chi connectivity index (χ0n) is 10.7. The fourth-order valence-electron chi connectivity index (χ4n) is 2.04. The lowest BCUT2D eigenvalue weighted by atomic mass is 10.0. The lowest BCUT2D eigenvalue weighted by Crippen LogP contribution is -2.15. The highest BCUT2D eigenvalue weighted by molar-refractivity contribution is 14.1. The van der Waals surface area contributed by atoms with Crippen LogP contribution < -0.4 is 5.73 Å². The Hall–Kier alpha value is -0.940.